The maximum absolute atomic E-state index is 12.0. The highest BCUT2D eigenvalue weighted by molar-refractivity contribution is 7.99. The number of rotatable bonds is 6. The Morgan fingerprint density at radius 3 is 2.68 bits per heavy atom. The van der Waals surface area contributed by atoms with Gasteiger partial charge in [0, 0.05) is 12.0 Å². The van der Waals surface area contributed by atoms with Crippen molar-refractivity contribution in [3.05, 3.63) is 41.3 Å². The number of nitrogens with zero attached hydrogens (tertiary/aromatic N) is 2. The zero-order chi connectivity index (χ0) is 13.7. The molecule has 19 heavy (non-hydrogen) atoms. The lowest BCUT2D eigenvalue weighted by Crippen LogP contribution is -2.02. The fraction of sp³-hybridized carbons (Fsp3) is 0.357. The second kappa shape index (κ2) is 6.52. The molecular weight excluding hydrogens is 260 g/mol. The third-order valence-electron chi connectivity index (χ3n) is 2.61. The van der Waals surface area contributed by atoms with Crippen molar-refractivity contribution in [3.63, 3.8) is 0 Å². The van der Waals surface area contributed by atoms with E-state index in [0.717, 1.165) is 18.4 Å². The Morgan fingerprint density at radius 2 is 2.00 bits per heavy atom. The number of ketones is 1. The molecule has 0 radical (unpaired) electrons. The molecule has 2 aromatic rings. The van der Waals surface area contributed by atoms with Gasteiger partial charge < -0.3 is 4.42 Å². The lowest BCUT2D eigenvalue weighted by Gasteiger charge is -1.99. The summed E-state index contributed by atoms with van der Waals surface area (Å²) in [4.78, 5) is 12.0. The Labute approximate surface area is 116 Å². The zero-order valence-electron chi connectivity index (χ0n) is 11.0. The minimum absolute atomic E-state index is 0.0697. The van der Waals surface area contributed by atoms with E-state index < -0.39 is 0 Å². The van der Waals surface area contributed by atoms with E-state index in [9.17, 15) is 4.79 Å². The van der Waals surface area contributed by atoms with Crippen molar-refractivity contribution in [1.82, 2.24) is 10.2 Å². The maximum Gasteiger partial charge on any atom is 0.277 e. The molecule has 100 valence electrons. The largest absolute Gasteiger partial charge is 0.416 e. The van der Waals surface area contributed by atoms with Gasteiger partial charge in [0.15, 0.2) is 5.78 Å². The molecule has 0 saturated carbocycles. The molecule has 1 aromatic carbocycles. The predicted octanol–water partition coefficient (Wildman–Crippen LogP) is 3.31. The molecule has 0 spiro atoms. The molecule has 1 aromatic heterocycles. The number of aromatic nitrogens is 2. The van der Waals surface area contributed by atoms with E-state index in [1.807, 2.05) is 31.2 Å². The minimum atomic E-state index is 0.0697. The molecule has 0 atom stereocenters. The van der Waals surface area contributed by atoms with Gasteiger partial charge in [-0.15, -0.1) is 10.2 Å². The van der Waals surface area contributed by atoms with Crippen LogP contribution in [0.15, 0.2) is 33.9 Å². The van der Waals surface area contributed by atoms with Crippen LogP contribution in [0.4, 0.5) is 0 Å². The Hall–Kier alpha value is -1.62. The highest BCUT2D eigenvalue weighted by atomic mass is 32.2. The molecule has 1 heterocycles. The lowest BCUT2D eigenvalue weighted by atomic mass is 10.1. The van der Waals surface area contributed by atoms with Crippen LogP contribution in [0.25, 0.3) is 0 Å². The minimum Gasteiger partial charge on any atom is -0.416 e. The molecule has 0 fully saturated rings. The van der Waals surface area contributed by atoms with Crippen LogP contribution in [0, 0.1) is 6.92 Å². The van der Waals surface area contributed by atoms with Gasteiger partial charge in [0.1, 0.15) is 0 Å². The van der Waals surface area contributed by atoms with Gasteiger partial charge in [0.2, 0.25) is 5.89 Å². The number of benzene rings is 1. The zero-order valence-corrected chi connectivity index (χ0v) is 11.9. The summed E-state index contributed by atoms with van der Waals surface area (Å²) in [5.74, 6) is 1.02. The molecule has 0 saturated heterocycles. The van der Waals surface area contributed by atoms with E-state index in [1.165, 1.54) is 11.8 Å². The standard InChI is InChI=1S/C14H16N2O2S/c1-3-4-13-15-16-14(18-13)19-9-12(17)11-7-5-10(2)6-8-11/h5-8H,3-4,9H2,1-2H3. The van der Waals surface area contributed by atoms with Crippen LogP contribution in [0.2, 0.25) is 0 Å². The average Bonchev–Trinajstić information content (AvgIpc) is 2.85. The summed E-state index contributed by atoms with van der Waals surface area (Å²) in [5, 5.41) is 8.29. The van der Waals surface area contributed by atoms with E-state index in [4.69, 9.17) is 4.42 Å². The van der Waals surface area contributed by atoms with Crippen molar-refractivity contribution in [2.45, 2.75) is 31.9 Å². The van der Waals surface area contributed by atoms with Gasteiger partial charge in [-0.3, -0.25) is 4.79 Å². The van der Waals surface area contributed by atoms with Gasteiger partial charge >= 0.3 is 0 Å². The molecule has 0 bridgehead atoms. The van der Waals surface area contributed by atoms with Crippen molar-refractivity contribution in [2.24, 2.45) is 0 Å². The molecule has 4 nitrogen and oxygen atoms in total. The van der Waals surface area contributed by atoms with E-state index in [2.05, 4.69) is 17.1 Å². The molecule has 0 N–H and O–H groups in total. The first kappa shape index (κ1) is 13.8. The Kier molecular flexibility index (Phi) is 4.74. The summed E-state index contributed by atoms with van der Waals surface area (Å²) < 4.78 is 5.42. The average molecular weight is 276 g/mol. The van der Waals surface area contributed by atoms with Crippen molar-refractivity contribution < 1.29 is 9.21 Å². The van der Waals surface area contributed by atoms with Crippen molar-refractivity contribution >= 4 is 17.5 Å². The molecule has 0 amide bonds. The Balaban J connectivity index is 1.90. The molecule has 0 aliphatic rings. The summed E-state index contributed by atoms with van der Waals surface area (Å²) in [5.41, 5.74) is 1.86. The SMILES string of the molecule is CCCc1nnc(SCC(=O)c2ccc(C)cc2)o1. The third-order valence-corrected chi connectivity index (χ3v) is 3.43. The molecule has 0 aliphatic heterocycles. The van der Waals surface area contributed by atoms with Crippen molar-refractivity contribution in [3.8, 4) is 0 Å². The number of thioether (sulfide) groups is 1. The first-order valence-electron chi connectivity index (χ1n) is 6.24. The summed E-state index contributed by atoms with van der Waals surface area (Å²) in [7, 11) is 0. The number of aryl methyl sites for hydroxylation is 2. The van der Waals surface area contributed by atoms with Gasteiger partial charge in [-0.05, 0) is 13.3 Å². The summed E-state index contributed by atoms with van der Waals surface area (Å²) in [6.07, 6.45) is 1.74. The number of hydrogen-bond acceptors (Lipinski definition) is 5. The number of carbonyl (C=O) groups is 1. The molecule has 0 aliphatic carbocycles. The van der Waals surface area contributed by atoms with Crippen LogP contribution in [-0.4, -0.2) is 21.7 Å². The Bertz CT molecular complexity index is 549. The van der Waals surface area contributed by atoms with Crippen LogP contribution >= 0.6 is 11.8 Å². The van der Waals surface area contributed by atoms with Crippen molar-refractivity contribution in [1.29, 1.82) is 0 Å². The summed E-state index contributed by atoms with van der Waals surface area (Å²) >= 11 is 1.28. The summed E-state index contributed by atoms with van der Waals surface area (Å²) in [6, 6.07) is 7.55. The second-order valence-corrected chi connectivity index (χ2v) is 5.22. The van der Waals surface area contributed by atoms with Crippen LogP contribution in [0.3, 0.4) is 0 Å². The highest BCUT2D eigenvalue weighted by Gasteiger charge is 2.10. The second-order valence-electron chi connectivity index (χ2n) is 4.29. The van der Waals surface area contributed by atoms with E-state index in [0.29, 0.717) is 22.4 Å². The van der Waals surface area contributed by atoms with Gasteiger partial charge in [-0.2, -0.15) is 0 Å². The van der Waals surface area contributed by atoms with Gasteiger partial charge in [0.05, 0.1) is 5.75 Å². The van der Waals surface area contributed by atoms with Gasteiger partial charge in [-0.25, -0.2) is 0 Å². The predicted molar refractivity (Wildman–Crippen MR) is 74.5 cm³/mol. The monoisotopic (exact) mass is 276 g/mol. The number of hydrogen-bond donors (Lipinski definition) is 0. The van der Waals surface area contributed by atoms with E-state index >= 15 is 0 Å². The van der Waals surface area contributed by atoms with Crippen LogP contribution in [-0.2, 0) is 6.42 Å². The fourth-order valence-electron chi connectivity index (χ4n) is 1.56. The third kappa shape index (κ3) is 3.92. The first-order valence-corrected chi connectivity index (χ1v) is 7.22. The molecule has 2 rings (SSSR count). The molecule has 0 unspecified atom stereocenters. The van der Waals surface area contributed by atoms with Crippen LogP contribution in [0.1, 0.15) is 35.2 Å². The van der Waals surface area contributed by atoms with Crippen LogP contribution < -0.4 is 0 Å². The highest BCUT2D eigenvalue weighted by Crippen LogP contribution is 2.18. The Morgan fingerprint density at radius 1 is 1.26 bits per heavy atom. The van der Waals surface area contributed by atoms with Gasteiger partial charge in [0.25, 0.3) is 5.22 Å². The topological polar surface area (TPSA) is 56.0 Å². The number of carbonyl (C=O) groups excluding carboxylic acids is 1. The normalized spacial score (nSPS) is 10.6. The van der Waals surface area contributed by atoms with E-state index in [1.54, 1.807) is 0 Å². The lowest BCUT2D eigenvalue weighted by molar-refractivity contribution is 0.102. The summed E-state index contributed by atoms with van der Waals surface area (Å²) in [6.45, 7) is 4.05. The smallest absolute Gasteiger partial charge is 0.277 e. The van der Waals surface area contributed by atoms with Crippen molar-refractivity contribution in [2.75, 3.05) is 5.75 Å². The van der Waals surface area contributed by atoms with E-state index in [-0.39, 0.29) is 5.78 Å². The van der Waals surface area contributed by atoms with Gasteiger partial charge in [-0.1, -0.05) is 48.5 Å². The quantitative estimate of drug-likeness (QED) is 0.598. The first-order chi connectivity index (χ1) is 9.19. The molecular formula is C14H16N2O2S. The fourth-order valence-corrected chi connectivity index (χ4v) is 2.24. The molecule has 5 heteroatoms. The number of Topliss-reactive ketones (excluding diaryl/α,β-unsaturated/α-hetero) is 1. The maximum atomic E-state index is 12.0. The van der Waals surface area contributed by atoms with Crippen LogP contribution in [0.5, 0.6) is 0 Å².